The molecule has 0 saturated heterocycles. The number of hydrogen-bond acceptors (Lipinski definition) is 6. The standard InChI is InChI=1S/C32H54O6/c1-5-7-9-11-19-37-31(35)17-13-15-25(3)21-27-23-30(34)28(24-29(27)33)22-26(4)16-14-18-32(36)38-20-12-10-8-6-2/h23-26,33-34H,5-22H2,1-4H3. The van der Waals surface area contributed by atoms with Crippen molar-refractivity contribution in [2.75, 3.05) is 13.2 Å². The van der Waals surface area contributed by atoms with Crippen LogP contribution in [0.2, 0.25) is 0 Å². The van der Waals surface area contributed by atoms with E-state index in [0.717, 1.165) is 62.5 Å². The second kappa shape index (κ2) is 20.7. The van der Waals surface area contributed by atoms with Gasteiger partial charge in [0.2, 0.25) is 0 Å². The lowest BCUT2D eigenvalue weighted by molar-refractivity contribution is -0.144. The zero-order valence-electron chi connectivity index (χ0n) is 24.6. The Morgan fingerprint density at radius 3 is 1.42 bits per heavy atom. The van der Waals surface area contributed by atoms with E-state index >= 15 is 0 Å². The number of phenols is 2. The molecule has 0 spiro atoms. The van der Waals surface area contributed by atoms with Crippen molar-refractivity contribution in [2.24, 2.45) is 11.8 Å². The highest BCUT2D eigenvalue weighted by molar-refractivity contribution is 5.69. The number of benzene rings is 1. The van der Waals surface area contributed by atoms with E-state index in [4.69, 9.17) is 9.47 Å². The molecule has 6 heteroatoms. The van der Waals surface area contributed by atoms with Crippen LogP contribution in [0.4, 0.5) is 0 Å². The highest BCUT2D eigenvalue weighted by atomic mass is 16.5. The lowest BCUT2D eigenvalue weighted by Gasteiger charge is -2.16. The van der Waals surface area contributed by atoms with Crippen LogP contribution in [-0.2, 0) is 31.9 Å². The van der Waals surface area contributed by atoms with E-state index in [9.17, 15) is 19.8 Å². The van der Waals surface area contributed by atoms with Crippen molar-refractivity contribution in [1.82, 2.24) is 0 Å². The molecule has 0 fully saturated rings. The molecule has 0 aromatic heterocycles. The highest BCUT2D eigenvalue weighted by Crippen LogP contribution is 2.32. The van der Waals surface area contributed by atoms with Crippen molar-refractivity contribution >= 4 is 11.9 Å². The van der Waals surface area contributed by atoms with Crippen molar-refractivity contribution in [3.63, 3.8) is 0 Å². The second-order valence-corrected chi connectivity index (χ2v) is 11.1. The zero-order chi connectivity index (χ0) is 28.2. The lowest BCUT2D eigenvalue weighted by Crippen LogP contribution is -2.08. The average molecular weight is 535 g/mol. The molecule has 0 bridgehead atoms. The van der Waals surface area contributed by atoms with Crippen LogP contribution in [0.1, 0.15) is 129 Å². The Kier molecular flexibility index (Phi) is 18.4. The van der Waals surface area contributed by atoms with Gasteiger partial charge in [0, 0.05) is 12.8 Å². The van der Waals surface area contributed by atoms with E-state index < -0.39 is 0 Å². The summed E-state index contributed by atoms with van der Waals surface area (Å²) in [5, 5.41) is 21.2. The van der Waals surface area contributed by atoms with Crippen LogP contribution in [0.15, 0.2) is 12.1 Å². The summed E-state index contributed by atoms with van der Waals surface area (Å²) >= 11 is 0. The van der Waals surface area contributed by atoms with Gasteiger partial charge in [-0.1, -0.05) is 66.2 Å². The van der Waals surface area contributed by atoms with Crippen LogP contribution < -0.4 is 0 Å². The topological polar surface area (TPSA) is 93.1 Å². The molecule has 6 nitrogen and oxygen atoms in total. The summed E-state index contributed by atoms with van der Waals surface area (Å²) in [6.07, 6.45) is 14.1. The quantitative estimate of drug-likeness (QED) is 0.0888. The molecule has 218 valence electrons. The number of carbonyl (C=O) groups excluding carboxylic acids is 2. The molecule has 0 amide bonds. The van der Waals surface area contributed by atoms with Gasteiger partial charge in [-0.25, -0.2) is 0 Å². The van der Waals surface area contributed by atoms with E-state index in [2.05, 4.69) is 27.7 Å². The third-order valence-electron chi connectivity index (χ3n) is 7.09. The lowest BCUT2D eigenvalue weighted by atomic mass is 9.91. The van der Waals surface area contributed by atoms with Crippen LogP contribution in [0.3, 0.4) is 0 Å². The van der Waals surface area contributed by atoms with Crippen LogP contribution in [0.25, 0.3) is 0 Å². The van der Waals surface area contributed by atoms with Gasteiger partial charge in [-0.2, -0.15) is 0 Å². The molecular formula is C32H54O6. The van der Waals surface area contributed by atoms with Crippen molar-refractivity contribution < 1.29 is 29.3 Å². The van der Waals surface area contributed by atoms with E-state index in [1.54, 1.807) is 12.1 Å². The Morgan fingerprint density at radius 2 is 1.05 bits per heavy atom. The van der Waals surface area contributed by atoms with Crippen molar-refractivity contribution in [3.05, 3.63) is 23.3 Å². The van der Waals surface area contributed by atoms with Gasteiger partial charge in [-0.15, -0.1) is 0 Å². The summed E-state index contributed by atoms with van der Waals surface area (Å²) in [6, 6.07) is 3.35. The average Bonchev–Trinajstić information content (AvgIpc) is 2.86. The number of ether oxygens (including phenoxy) is 2. The maximum atomic E-state index is 11.9. The minimum absolute atomic E-state index is 0.132. The molecule has 0 heterocycles. The van der Waals surface area contributed by atoms with Crippen LogP contribution in [-0.4, -0.2) is 35.4 Å². The maximum absolute atomic E-state index is 11.9. The largest absolute Gasteiger partial charge is 0.508 e. The van der Waals surface area contributed by atoms with Gasteiger partial charge in [0.15, 0.2) is 0 Å². The molecular weight excluding hydrogens is 480 g/mol. The molecule has 38 heavy (non-hydrogen) atoms. The van der Waals surface area contributed by atoms with Gasteiger partial charge in [0.1, 0.15) is 11.5 Å². The summed E-state index contributed by atoms with van der Waals surface area (Å²) in [5.74, 6) is 0.687. The predicted octanol–water partition coefficient (Wildman–Crippen LogP) is 8.04. The minimum Gasteiger partial charge on any atom is -0.508 e. The molecule has 2 N–H and O–H groups in total. The van der Waals surface area contributed by atoms with E-state index in [0.29, 0.717) is 38.9 Å². The van der Waals surface area contributed by atoms with Crippen LogP contribution in [0.5, 0.6) is 11.5 Å². The third kappa shape index (κ3) is 15.9. The maximum Gasteiger partial charge on any atom is 0.305 e. The molecule has 2 unspecified atom stereocenters. The summed E-state index contributed by atoms with van der Waals surface area (Å²) in [4.78, 5) is 23.8. The molecule has 1 aromatic carbocycles. The normalized spacial score (nSPS) is 12.7. The van der Waals surface area contributed by atoms with E-state index in [-0.39, 0.29) is 35.3 Å². The second-order valence-electron chi connectivity index (χ2n) is 11.1. The fourth-order valence-electron chi connectivity index (χ4n) is 4.71. The summed E-state index contributed by atoms with van der Waals surface area (Å²) in [6.45, 7) is 9.53. The Hall–Kier alpha value is -2.24. The number of phenolic OH excluding ortho intramolecular Hbond substituents is 2. The molecule has 2 atom stereocenters. The molecule has 0 aliphatic carbocycles. The van der Waals surface area contributed by atoms with Gasteiger partial charge in [-0.3, -0.25) is 9.59 Å². The van der Waals surface area contributed by atoms with E-state index in [1.165, 1.54) is 25.7 Å². The molecule has 0 aliphatic rings. The first kappa shape index (κ1) is 33.8. The van der Waals surface area contributed by atoms with Crippen LogP contribution in [0, 0.1) is 11.8 Å². The van der Waals surface area contributed by atoms with Gasteiger partial charge in [0.05, 0.1) is 13.2 Å². The van der Waals surface area contributed by atoms with E-state index in [1.807, 2.05) is 0 Å². The van der Waals surface area contributed by atoms with Gasteiger partial charge < -0.3 is 19.7 Å². The van der Waals surface area contributed by atoms with Crippen molar-refractivity contribution in [2.45, 2.75) is 130 Å². The van der Waals surface area contributed by atoms with Gasteiger partial charge in [-0.05, 0) is 86.5 Å². The number of aromatic hydroxyl groups is 2. The number of unbranched alkanes of at least 4 members (excludes halogenated alkanes) is 6. The molecule has 0 saturated carbocycles. The first-order valence-corrected chi connectivity index (χ1v) is 15.1. The van der Waals surface area contributed by atoms with Gasteiger partial charge in [0.25, 0.3) is 0 Å². The third-order valence-corrected chi connectivity index (χ3v) is 7.09. The Bertz CT molecular complexity index is 725. The fraction of sp³-hybridized carbons (Fsp3) is 0.750. The smallest absolute Gasteiger partial charge is 0.305 e. The van der Waals surface area contributed by atoms with Crippen molar-refractivity contribution in [3.8, 4) is 11.5 Å². The fourth-order valence-corrected chi connectivity index (χ4v) is 4.71. The predicted molar refractivity (Wildman–Crippen MR) is 153 cm³/mol. The Balaban J connectivity index is 2.34. The summed E-state index contributed by atoms with van der Waals surface area (Å²) in [7, 11) is 0. The highest BCUT2D eigenvalue weighted by Gasteiger charge is 2.15. The number of carbonyl (C=O) groups is 2. The molecule has 0 radical (unpaired) electrons. The first-order valence-electron chi connectivity index (χ1n) is 15.1. The molecule has 0 aliphatic heterocycles. The molecule has 1 aromatic rings. The first-order chi connectivity index (χ1) is 18.3. The van der Waals surface area contributed by atoms with Crippen molar-refractivity contribution in [1.29, 1.82) is 0 Å². The SMILES string of the molecule is CCCCCCOC(=O)CCCC(C)Cc1cc(O)c(CC(C)CCCC(=O)OCCCCCC)cc1O. The number of esters is 2. The van der Waals surface area contributed by atoms with Gasteiger partial charge >= 0.3 is 11.9 Å². The Morgan fingerprint density at radius 1 is 0.658 bits per heavy atom. The number of hydrogen-bond donors (Lipinski definition) is 2. The minimum atomic E-state index is -0.132. The zero-order valence-corrected chi connectivity index (χ0v) is 24.6. The number of rotatable bonds is 22. The summed E-state index contributed by atoms with van der Waals surface area (Å²) < 4.78 is 10.6. The van der Waals surface area contributed by atoms with Crippen LogP contribution >= 0.6 is 0 Å². The monoisotopic (exact) mass is 534 g/mol. The Labute approximate surface area is 231 Å². The summed E-state index contributed by atoms with van der Waals surface area (Å²) in [5.41, 5.74) is 1.46. The molecule has 1 rings (SSSR count).